The van der Waals surface area contributed by atoms with Crippen LogP contribution in [0, 0.1) is 5.92 Å². The Morgan fingerprint density at radius 2 is 2.10 bits per heavy atom. The highest BCUT2D eigenvalue weighted by atomic mass is 32.2. The quantitative estimate of drug-likeness (QED) is 0.763. The predicted molar refractivity (Wildman–Crippen MR) is 76.1 cm³/mol. The molecule has 112 valence electrons. The van der Waals surface area contributed by atoms with E-state index in [1.165, 1.54) is 6.07 Å². The van der Waals surface area contributed by atoms with Crippen molar-refractivity contribution in [1.82, 2.24) is 4.72 Å². The average Bonchev–Trinajstić information content (AvgIpc) is 3.23. The number of aliphatic hydroxyl groups is 1. The summed E-state index contributed by atoms with van der Waals surface area (Å²) in [6.45, 7) is 2.45. The van der Waals surface area contributed by atoms with Gasteiger partial charge in [-0.2, -0.15) is 0 Å². The molecule has 2 N–H and O–H groups in total. The number of ether oxygens (including phenoxy) is 1. The molecule has 0 bridgehead atoms. The van der Waals surface area contributed by atoms with Gasteiger partial charge >= 0.3 is 0 Å². The third-order valence-corrected chi connectivity index (χ3v) is 4.84. The first kappa shape index (κ1) is 15.3. The van der Waals surface area contributed by atoms with E-state index in [-0.39, 0.29) is 11.4 Å². The van der Waals surface area contributed by atoms with Crippen LogP contribution in [0.4, 0.5) is 0 Å². The molecule has 0 amide bonds. The van der Waals surface area contributed by atoms with E-state index in [0.29, 0.717) is 24.7 Å². The van der Waals surface area contributed by atoms with E-state index < -0.39 is 16.1 Å². The molecule has 1 atom stereocenters. The van der Waals surface area contributed by atoms with Gasteiger partial charge in [-0.25, -0.2) is 13.1 Å². The summed E-state index contributed by atoms with van der Waals surface area (Å²) in [5.41, 5.74) is 0. The van der Waals surface area contributed by atoms with Gasteiger partial charge in [0.2, 0.25) is 10.0 Å². The number of nitrogens with one attached hydrogen (secondary N) is 1. The molecule has 0 aromatic heterocycles. The lowest BCUT2D eigenvalue weighted by molar-refractivity contribution is 0.143. The molecule has 1 aromatic carbocycles. The summed E-state index contributed by atoms with van der Waals surface area (Å²) >= 11 is 0. The van der Waals surface area contributed by atoms with Crippen molar-refractivity contribution in [3.63, 3.8) is 0 Å². The van der Waals surface area contributed by atoms with E-state index in [0.717, 1.165) is 12.8 Å². The van der Waals surface area contributed by atoms with Crippen LogP contribution in [0.1, 0.15) is 26.2 Å². The standard InChI is InChI=1S/C14H21NO4S/c1-2-19-13-5-3-4-6-14(13)20(17,18)15-10-9-12(16)11-7-8-11/h3-6,11-12,15-16H,2,7-10H2,1H3. The third kappa shape index (κ3) is 3.94. The Morgan fingerprint density at radius 3 is 2.75 bits per heavy atom. The maximum absolute atomic E-state index is 12.2. The Kier molecular flexibility index (Phi) is 5.01. The zero-order valence-electron chi connectivity index (χ0n) is 11.6. The molecule has 0 aliphatic heterocycles. The lowest BCUT2D eigenvalue weighted by Crippen LogP contribution is -2.28. The van der Waals surface area contributed by atoms with Crippen LogP contribution in [0.25, 0.3) is 0 Å². The van der Waals surface area contributed by atoms with Crippen LogP contribution in [0.3, 0.4) is 0 Å². The second-order valence-electron chi connectivity index (χ2n) is 4.97. The van der Waals surface area contributed by atoms with E-state index >= 15 is 0 Å². The number of aliphatic hydroxyl groups excluding tert-OH is 1. The minimum atomic E-state index is -3.60. The summed E-state index contributed by atoms with van der Waals surface area (Å²) in [7, 11) is -3.60. The van der Waals surface area contributed by atoms with Crippen LogP contribution in [0.15, 0.2) is 29.2 Å². The molecule has 2 rings (SSSR count). The van der Waals surface area contributed by atoms with Gasteiger partial charge in [0.1, 0.15) is 10.6 Å². The van der Waals surface area contributed by atoms with Crippen molar-refractivity contribution in [2.75, 3.05) is 13.2 Å². The van der Waals surface area contributed by atoms with Gasteiger partial charge in [-0.05, 0) is 44.2 Å². The zero-order valence-corrected chi connectivity index (χ0v) is 12.4. The summed E-state index contributed by atoms with van der Waals surface area (Å²) in [5, 5.41) is 9.74. The van der Waals surface area contributed by atoms with Crippen LogP contribution in [-0.4, -0.2) is 32.8 Å². The van der Waals surface area contributed by atoms with E-state index in [4.69, 9.17) is 4.74 Å². The highest BCUT2D eigenvalue weighted by molar-refractivity contribution is 7.89. The van der Waals surface area contributed by atoms with Crippen LogP contribution in [0.5, 0.6) is 5.75 Å². The molecular weight excluding hydrogens is 278 g/mol. The van der Waals surface area contributed by atoms with Gasteiger partial charge in [-0.3, -0.25) is 0 Å². The molecule has 1 saturated carbocycles. The fourth-order valence-electron chi connectivity index (χ4n) is 2.08. The van der Waals surface area contributed by atoms with Gasteiger partial charge in [-0.1, -0.05) is 12.1 Å². The molecule has 0 saturated heterocycles. The third-order valence-electron chi connectivity index (χ3n) is 3.34. The number of sulfonamides is 1. The molecule has 0 radical (unpaired) electrons. The van der Waals surface area contributed by atoms with Crippen molar-refractivity contribution < 1.29 is 18.3 Å². The second kappa shape index (κ2) is 6.56. The molecule has 1 aliphatic rings. The Labute approximate surface area is 120 Å². The summed E-state index contributed by atoms with van der Waals surface area (Å²) in [4.78, 5) is 0.141. The molecule has 6 heteroatoms. The van der Waals surface area contributed by atoms with Crippen molar-refractivity contribution in [3.8, 4) is 5.75 Å². The predicted octanol–water partition coefficient (Wildman–Crippen LogP) is 1.52. The topological polar surface area (TPSA) is 75.6 Å². The molecular formula is C14H21NO4S. The monoisotopic (exact) mass is 299 g/mol. The van der Waals surface area contributed by atoms with Crippen molar-refractivity contribution in [2.24, 2.45) is 5.92 Å². The Hall–Kier alpha value is -1.11. The van der Waals surface area contributed by atoms with Gasteiger partial charge in [0.15, 0.2) is 0 Å². The molecule has 1 aliphatic carbocycles. The maximum Gasteiger partial charge on any atom is 0.244 e. The van der Waals surface area contributed by atoms with Crippen molar-refractivity contribution in [3.05, 3.63) is 24.3 Å². The SMILES string of the molecule is CCOc1ccccc1S(=O)(=O)NCCC(O)C1CC1. The van der Waals surface area contributed by atoms with Crippen molar-refractivity contribution in [1.29, 1.82) is 0 Å². The molecule has 1 unspecified atom stereocenters. The van der Waals surface area contributed by atoms with Gasteiger partial charge < -0.3 is 9.84 Å². The summed E-state index contributed by atoms with van der Waals surface area (Å²) < 4.78 is 32.3. The summed E-state index contributed by atoms with van der Waals surface area (Å²) in [5.74, 6) is 0.709. The van der Waals surface area contributed by atoms with Crippen molar-refractivity contribution in [2.45, 2.75) is 37.2 Å². The van der Waals surface area contributed by atoms with E-state index in [1.807, 2.05) is 6.92 Å². The van der Waals surface area contributed by atoms with Gasteiger partial charge in [-0.15, -0.1) is 0 Å². The van der Waals surface area contributed by atoms with Crippen LogP contribution < -0.4 is 9.46 Å². The fourth-order valence-corrected chi connectivity index (χ4v) is 3.27. The highest BCUT2D eigenvalue weighted by Gasteiger charge is 2.29. The molecule has 20 heavy (non-hydrogen) atoms. The van der Waals surface area contributed by atoms with E-state index in [1.54, 1.807) is 18.2 Å². The first-order valence-electron chi connectivity index (χ1n) is 6.94. The Bertz CT molecular complexity index is 540. The molecule has 0 heterocycles. The lowest BCUT2D eigenvalue weighted by Gasteiger charge is -2.13. The van der Waals surface area contributed by atoms with Gasteiger partial charge in [0.25, 0.3) is 0 Å². The minimum absolute atomic E-state index is 0.141. The van der Waals surface area contributed by atoms with Crippen LogP contribution in [0.2, 0.25) is 0 Å². The van der Waals surface area contributed by atoms with Crippen LogP contribution in [-0.2, 0) is 10.0 Å². The van der Waals surface area contributed by atoms with Crippen LogP contribution >= 0.6 is 0 Å². The maximum atomic E-state index is 12.2. The fraction of sp³-hybridized carbons (Fsp3) is 0.571. The van der Waals surface area contributed by atoms with E-state index in [9.17, 15) is 13.5 Å². The lowest BCUT2D eigenvalue weighted by atomic mass is 10.2. The van der Waals surface area contributed by atoms with Crippen molar-refractivity contribution >= 4 is 10.0 Å². The second-order valence-corrected chi connectivity index (χ2v) is 6.71. The Morgan fingerprint density at radius 1 is 1.40 bits per heavy atom. The highest BCUT2D eigenvalue weighted by Crippen LogP contribution is 2.33. The minimum Gasteiger partial charge on any atom is -0.492 e. The molecule has 5 nitrogen and oxygen atoms in total. The largest absolute Gasteiger partial charge is 0.492 e. The Balaban J connectivity index is 1.98. The summed E-state index contributed by atoms with van der Waals surface area (Å²) in [6.07, 6.45) is 2.13. The average molecular weight is 299 g/mol. The number of hydrogen-bond acceptors (Lipinski definition) is 4. The first-order valence-corrected chi connectivity index (χ1v) is 8.42. The molecule has 1 aromatic rings. The number of rotatable bonds is 8. The van der Waals surface area contributed by atoms with Gasteiger partial charge in [0, 0.05) is 6.54 Å². The molecule has 0 spiro atoms. The number of benzene rings is 1. The van der Waals surface area contributed by atoms with Gasteiger partial charge in [0.05, 0.1) is 12.7 Å². The number of para-hydroxylation sites is 1. The smallest absolute Gasteiger partial charge is 0.244 e. The normalized spacial score (nSPS) is 16.9. The first-order chi connectivity index (χ1) is 9.54. The number of hydrogen-bond donors (Lipinski definition) is 2. The molecule has 1 fully saturated rings. The summed E-state index contributed by atoms with van der Waals surface area (Å²) in [6, 6.07) is 6.55. The van der Waals surface area contributed by atoms with E-state index in [2.05, 4.69) is 4.72 Å². The zero-order chi connectivity index (χ0) is 14.6.